The maximum Gasteiger partial charge on any atom is 0.0471 e. The van der Waals surface area contributed by atoms with Crippen LogP contribution in [-0.4, -0.2) is 9.68 Å². The molecular formula is C10H11Si. The Balaban J connectivity index is 3.40. The van der Waals surface area contributed by atoms with Crippen molar-refractivity contribution in [3.63, 3.8) is 0 Å². The van der Waals surface area contributed by atoms with Crippen LogP contribution < -0.4 is 0 Å². The Kier molecular flexibility index (Phi) is 2.33. The normalized spacial score (nSPS) is 9.27. The first-order chi connectivity index (χ1) is 5.15. The molecule has 1 aromatic carbocycles. The molecule has 11 heavy (non-hydrogen) atoms. The highest BCUT2D eigenvalue weighted by atomic mass is 28.1. The lowest BCUT2D eigenvalue weighted by Crippen LogP contribution is -1.88. The van der Waals surface area contributed by atoms with Crippen molar-refractivity contribution >= 4 is 9.68 Å². The van der Waals surface area contributed by atoms with Gasteiger partial charge in [0.05, 0.1) is 0 Å². The summed E-state index contributed by atoms with van der Waals surface area (Å²) >= 11 is 0. The van der Waals surface area contributed by atoms with E-state index in [4.69, 9.17) is 0 Å². The fraction of sp³-hybridized carbons (Fsp3) is 0.300. The summed E-state index contributed by atoms with van der Waals surface area (Å²) in [5.41, 5.74) is 8.03. The van der Waals surface area contributed by atoms with Crippen LogP contribution in [0.3, 0.4) is 0 Å². The van der Waals surface area contributed by atoms with Gasteiger partial charge in [-0.2, -0.15) is 0 Å². The maximum atomic E-state index is 3.28. The Labute approximate surface area is 71.0 Å². The van der Waals surface area contributed by atoms with Gasteiger partial charge in [-0.3, -0.25) is 0 Å². The largest absolute Gasteiger partial charge is 0.0993 e. The van der Waals surface area contributed by atoms with E-state index >= 15 is 0 Å². The first-order valence-corrected chi connectivity index (χ1v) is 4.15. The van der Waals surface area contributed by atoms with Crippen molar-refractivity contribution in [2.45, 2.75) is 20.8 Å². The monoisotopic (exact) mass is 159 g/mol. The molecular weight excluding hydrogens is 148 g/mol. The Morgan fingerprint density at radius 3 is 1.91 bits per heavy atom. The molecule has 0 saturated heterocycles. The third-order valence-electron chi connectivity index (χ3n) is 1.80. The second-order valence-corrected chi connectivity index (χ2v) is 3.15. The van der Waals surface area contributed by atoms with Gasteiger partial charge in [0, 0.05) is 15.2 Å². The lowest BCUT2D eigenvalue weighted by molar-refractivity contribution is 1.30. The second kappa shape index (κ2) is 3.08. The van der Waals surface area contributed by atoms with Gasteiger partial charge in [-0.25, -0.2) is 0 Å². The van der Waals surface area contributed by atoms with Crippen LogP contribution in [0.25, 0.3) is 0 Å². The third-order valence-corrected chi connectivity index (χ3v) is 2.05. The number of rotatable bonds is 0. The average molecular weight is 159 g/mol. The summed E-state index contributed by atoms with van der Waals surface area (Å²) < 4.78 is 0. The van der Waals surface area contributed by atoms with Gasteiger partial charge in [-0.05, 0) is 31.9 Å². The fourth-order valence-electron chi connectivity index (χ4n) is 1.38. The van der Waals surface area contributed by atoms with Crippen LogP contribution >= 0.6 is 0 Å². The quantitative estimate of drug-likeness (QED) is 0.508. The van der Waals surface area contributed by atoms with Gasteiger partial charge in [0.15, 0.2) is 0 Å². The Morgan fingerprint density at radius 2 is 1.55 bits per heavy atom. The molecule has 1 rings (SSSR count). The van der Waals surface area contributed by atoms with Crippen molar-refractivity contribution in [3.8, 4) is 5.50 Å². The highest BCUT2D eigenvalue weighted by molar-refractivity contribution is 5.98. The molecule has 0 N–H and O–H groups in total. The third kappa shape index (κ3) is 1.62. The zero-order valence-electron chi connectivity index (χ0n) is 7.15. The minimum Gasteiger partial charge on any atom is -0.0993 e. The molecule has 0 unspecified atom stereocenters. The molecule has 1 heteroatoms. The number of hydrogen-bond donors (Lipinski definition) is 0. The predicted octanol–water partition coefficient (Wildman–Crippen LogP) is 2.09. The van der Waals surface area contributed by atoms with Crippen LogP contribution in [0.2, 0.25) is 0 Å². The van der Waals surface area contributed by atoms with Crippen molar-refractivity contribution in [1.82, 2.24) is 0 Å². The predicted molar refractivity (Wildman–Crippen MR) is 49.4 cm³/mol. The van der Waals surface area contributed by atoms with E-state index in [2.05, 4.69) is 48.1 Å². The summed E-state index contributed by atoms with van der Waals surface area (Å²) in [6, 6.07) is 4.32. The smallest absolute Gasteiger partial charge is 0.0471 e. The topological polar surface area (TPSA) is 0 Å². The standard InChI is InChI=1S/C10H11Si/c1-7-4-8(2)10(6-11)9(3)5-7/h4-5H,1-3H3. The Morgan fingerprint density at radius 1 is 1.09 bits per heavy atom. The van der Waals surface area contributed by atoms with Gasteiger partial charge >= 0.3 is 0 Å². The van der Waals surface area contributed by atoms with Crippen LogP contribution in [0.4, 0.5) is 0 Å². The van der Waals surface area contributed by atoms with Crippen molar-refractivity contribution in [1.29, 1.82) is 0 Å². The number of hydrogen-bond acceptors (Lipinski definition) is 0. The van der Waals surface area contributed by atoms with Crippen molar-refractivity contribution < 1.29 is 0 Å². The average Bonchev–Trinajstić information content (AvgIpc) is 1.85. The molecule has 0 aliphatic heterocycles. The zero-order valence-corrected chi connectivity index (χ0v) is 8.15. The summed E-state index contributed by atoms with van der Waals surface area (Å²) in [6.45, 7) is 6.31. The van der Waals surface area contributed by atoms with Crippen LogP contribution in [-0.2, 0) is 0 Å². The second-order valence-electron chi connectivity index (χ2n) is 2.90. The molecule has 0 heterocycles. The first-order valence-electron chi connectivity index (χ1n) is 3.65. The summed E-state index contributed by atoms with van der Waals surface area (Å²) in [7, 11) is 3.28. The minimum absolute atomic E-state index is 1.17. The van der Waals surface area contributed by atoms with E-state index in [9.17, 15) is 0 Å². The van der Waals surface area contributed by atoms with Gasteiger partial charge < -0.3 is 0 Å². The number of aryl methyl sites for hydroxylation is 3. The van der Waals surface area contributed by atoms with Crippen molar-refractivity contribution in [3.05, 3.63) is 34.4 Å². The van der Waals surface area contributed by atoms with Gasteiger partial charge in [0.1, 0.15) is 0 Å². The van der Waals surface area contributed by atoms with Crippen molar-refractivity contribution in [2.24, 2.45) is 0 Å². The molecule has 0 bridgehead atoms. The van der Waals surface area contributed by atoms with Crippen molar-refractivity contribution in [2.75, 3.05) is 0 Å². The highest BCUT2D eigenvalue weighted by Gasteiger charge is 1.98. The van der Waals surface area contributed by atoms with Gasteiger partial charge in [0.25, 0.3) is 0 Å². The summed E-state index contributed by atoms with van der Waals surface area (Å²) in [5.74, 6) is 0. The van der Waals surface area contributed by atoms with Gasteiger partial charge in [-0.1, -0.05) is 23.2 Å². The van der Waals surface area contributed by atoms with Gasteiger partial charge in [-0.15, -0.1) is 0 Å². The van der Waals surface area contributed by atoms with Gasteiger partial charge in [0.2, 0.25) is 0 Å². The van der Waals surface area contributed by atoms with E-state index in [1.165, 1.54) is 22.3 Å². The number of benzene rings is 1. The lowest BCUT2D eigenvalue weighted by atomic mass is 10.0. The summed E-state index contributed by atoms with van der Waals surface area (Å²) in [5, 5.41) is 0. The molecule has 0 amide bonds. The van der Waals surface area contributed by atoms with E-state index in [1.807, 2.05) is 0 Å². The van der Waals surface area contributed by atoms with Crippen LogP contribution in [0, 0.1) is 26.3 Å². The van der Waals surface area contributed by atoms with E-state index in [-0.39, 0.29) is 0 Å². The molecule has 0 aliphatic carbocycles. The molecule has 0 saturated carbocycles. The highest BCUT2D eigenvalue weighted by Crippen LogP contribution is 2.14. The molecule has 0 fully saturated rings. The molecule has 55 valence electrons. The SMILES string of the molecule is Cc1cc(C)c(C#[Si])c(C)c1. The summed E-state index contributed by atoms with van der Waals surface area (Å²) in [6.07, 6.45) is 0. The first kappa shape index (κ1) is 8.31. The van der Waals surface area contributed by atoms with E-state index < -0.39 is 0 Å². The minimum atomic E-state index is 1.17. The van der Waals surface area contributed by atoms with Crippen LogP contribution in [0.15, 0.2) is 12.1 Å². The molecule has 0 spiro atoms. The Bertz CT molecular complexity index is 295. The molecule has 0 nitrogen and oxygen atoms in total. The summed E-state index contributed by atoms with van der Waals surface area (Å²) in [4.78, 5) is 0. The van der Waals surface area contributed by atoms with Crippen LogP contribution in [0.5, 0.6) is 0 Å². The van der Waals surface area contributed by atoms with E-state index in [0.717, 1.165) is 0 Å². The Hall–Kier alpha value is -0.783. The van der Waals surface area contributed by atoms with E-state index in [0.29, 0.717) is 0 Å². The van der Waals surface area contributed by atoms with E-state index in [1.54, 1.807) is 0 Å². The molecule has 1 radical (unpaired) electrons. The lowest BCUT2D eigenvalue weighted by Gasteiger charge is -2.04. The molecule has 0 aromatic heterocycles. The molecule has 1 aromatic rings. The fourth-order valence-corrected chi connectivity index (χ4v) is 1.77. The molecule has 0 atom stereocenters. The van der Waals surface area contributed by atoms with Crippen LogP contribution in [0.1, 0.15) is 22.3 Å². The zero-order chi connectivity index (χ0) is 8.43. The maximum absolute atomic E-state index is 3.28. The molecule has 0 aliphatic rings.